The van der Waals surface area contributed by atoms with E-state index in [1.807, 2.05) is 24.4 Å². The molecule has 4 aliphatic rings. The first-order valence-electron chi connectivity index (χ1n) is 14.9. The number of nitrogens with zero attached hydrogens (tertiary/aromatic N) is 1. The van der Waals surface area contributed by atoms with E-state index in [1.54, 1.807) is 0 Å². The van der Waals surface area contributed by atoms with E-state index in [0.717, 1.165) is 31.5 Å². The number of fused-ring (bicyclic) bond motifs is 5. The van der Waals surface area contributed by atoms with Gasteiger partial charge in [-0.1, -0.05) is 71.9 Å². The second-order valence-electron chi connectivity index (χ2n) is 14.0. The van der Waals surface area contributed by atoms with Gasteiger partial charge in [0.1, 0.15) is 5.82 Å². The molecule has 204 valence electrons. The fraction of sp³-hybridized carbons (Fsp3) is 0.727. The van der Waals surface area contributed by atoms with Gasteiger partial charge in [-0.3, -0.25) is 0 Å². The molecule has 4 nitrogen and oxygen atoms in total. The number of rotatable bonds is 6. The summed E-state index contributed by atoms with van der Waals surface area (Å²) in [6.07, 6.45) is 17.6. The van der Waals surface area contributed by atoms with Crippen LogP contribution in [0.5, 0.6) is 0 Å². The van der Waals surface area contributed by atoms with Crippen LogP contribution in [0.2, 0.25) is 0 Å². The lowest BCUT2D eigenvalue weighted by Crippen LogP contribution is -2.69. The van der Waals surface area contributed by atoms with E-state index in [4.69, 9.17) is 0 Å². The number of hydrogen-bond acceptors (Lipinski definition) is 4. The zero-order valence-corrected chi connectivity index (χ0v) is 24.0. The van der Waals surface area contributed by atoms with Crippen LogP contribution in [0.15, 0.2) is 48.7 Å². The van der Waals surface area contributed by atoms with E-state index in [1.165, 1.54) is 12.8 Å². The van der Waals surface area contributed by atoms with Crippen LogP contribution >= 0.6 is 0 Å². The molecule has 5 rings (SSSR count). The highest BCUT2D eigenvalue weighted by molar-refractivity contribution is 5.46. The summed E-state index contributed by atoms with van der Waals surface area (Å²) in [7, 11) is 0. The third-order valence-corrected chi connectivity index (χ3v) is 11.9. The Labute approximate surface area is 225 Å². The van der Waals surface area contributed by atoms with Crippen LogP contribution < -0.4 is 5.32 Å². The summed E-state index contributed by atoms with van der Waals surface area (Å²) in [6.45, 7) is 14.2. The molecular weight excluding hydrogens is 456 g/mol. The lowest BCUT2D eigenvalue weighted by molar-refractivity contribution is -0.177. The highest BCUT2D eigenvalue weighted by Gasteiger charge is 2.68. The lowest BCUT2D eigenvalue weighted by atomic mass is 9.42. The van der Waals surface area contributed by atoms with E-state index >= 15 is 0 Å². The average Bonchev–Trinajstić information content (AvgIpc) is 3.22. The first-order valence-corrected chi connectivity index (χ1v) is 14.9. The largest absolute Gasteiger partial charge is 0.393 e. The topological polar surface area (TPSA) is 65.4 Å². The molecule has 0 spiro atoms. The quantitative estimate of drug-likeness (QED) is 0.363. The molecule has 37 heavy (non-hydrogen) atoms. The number of nitrogens with one attached hydrogen (secondary N) is 1. The summed E-state index contributed by atoms with van der Waals surface area (Å²) < 4.78 is 0. The van der Waals surface area contributed by atoms with E-state index in [-0.39, 0.29) is 28.8 Å². The molecule has 4 heteroatoms. The van der Waals surface area contributed by atoms with Crippen LogP contribution in [0.25, 0.3) is 0 Å². The molecule has 0 radical (unpaired) electrons. The highest BCUT2D eigenvalue weighted by Crippen LogP contribution is 2.69. The van der Waals surface area contributed by atoms with Gasteiger partial charge >= 0.3 is 0 Å². The number of hydrogen-bond donors (Lipinski definition) is 3. The molecule has 3 N–H and O–H groups in total. The minimum Gasteiger partial charge on any atom is -0.393 e. The maximum Gasteiger partial charge on any atom is 0.126 e. The van der Waals surface area contributed by atoms with Crippen molar-refractivity contribution in [3.63, 3.8) is 0 Å². The monoisotopic (exact) mass is 506 g/mol. The van der Waals surface area contributed by atoms with E-state index in [0.29, 0.717) is 30.1 Å². The molecule has 0 aromatic carbocycles. The molecule has 0 saturated heterocycles. The van der Waals surface area contributed by atoms with Crippen molar-refractivity contribution in [1.82, 2.24) is 4.98 Å². The van der Waals surface area contributed by atoms with Gasteiger partial charge in [0.2, 0.25) is 0 Å². The first kappa shape index (κ1) is 26.9. The van der Waals surface area contributed by atoms with Crippen molar-refractivity contribution in [2.75, 3.05) is 5.32 Å². The molecule has 4 aliphatic carbocycles. The van der Waals surface area contributed by atoms with Crippen molar-refractivity contribution in [2.45, 2.75) is 104 Å². The highest BCUT2D eigenvalue weighted by atomic mass is 16.3. The average molecular weight is 507 g/mol. The zero-order chi connectivity index (χ0) is 26.6. The van der Waals surface area contributed by atoms with Crippen LogP contribution in [0, 0.1) is 46.3 Å². The van der Waals surface area contributed by atoms with Gasteiger partial charge in [-0.2, -0.15) is 0 Å². The number of allylic oxidation sites excluding steroid dienone is 2. The minimum atomic E-state index is -0.803. The summed E-state index contributed by atoms with van der Waals surface area (Å²) in [4.78, 5) is 4.57. The standard InChI is InChI=1S/C33H50N2O2/c1-22(2)23(3)10-11-24(4)26-12-13-27-30(26,5)16-15-28-31(6)17-14-25(36)21-32(31,18-19-33(27,28)37)35-29-9-7-8-20-34-29/h7-11,18-20,22-28,36-37H,12-17,21H2,1-6H3,(H,34,35)/b11-10+/t23-,24+,25-,26+,27+,28?,30+,31+,32+,33-/m0/s1. The Hall–Kier alpha value is -1.65. The molecule has 10 atom stereocenters. The lowest BCUT2D eigenvalue weighted by Gasteiger charge is -2.66. The predicted octanol–water partition coefficient (Wildman–Crippen LogP) is 7.01. The maximum atomic E-state index is 12.7. The maximum absolute atomic E-state index is 12.7. The molecular formula is C33H50N2O2. The number of aliphatic hydroxyl groups excluding tert-OH is 1. The third kappa shape index (κ3) is 4.22. The number of aromatic nitrogens is 1. The molecule has 1 unspecified atom stereocenters. The van der Waals surface area contributed by atoms with Crippen LogP contribution in [-0.2, 0) is 0 Å². The van der Waals surface area contributed by atoms with Crippen molar-refractivity contribution in [1.29, 1.82) is 0 Å². The van der Waals surface area contributed by atoms with Gasteiger partial charge in [-0.25, -0.2) is 4.98 Å². The van der Waals surface area contributed by atoms with Crippen LogP contribution in [0.4, 0.5) is 5.82 Å². The van der Waals surface area contributed by atoms with Crippen LogP contribution in [0.3, 0.4) is 0 Å². The summed E-state index contributed by atoms with van der Waals surface area (Å²) in [5.74, 6) is 3.66. The summed E-state index contributed by atoms with van der Waals surface area (Å²) in [6, 6.07) is 5.96. The molecule has 0 bridgehead atoms. The molecule has 1 aromatic rings. The van der Waals surface area contributed by atoms with Crippen molar-refractivity contribution >= 4 is 5.82 Å². The minimum absolute atomic E-state index is 0.138. The zero-order valence-electron chi connectivity index (χ0n) is 24.0. The van der Waals surface area contributed by atoms with Gasteiger partial charge < -0.3 is 15.5 Å². The van der Waals surface area contributed by atoms with Gasteiger partial charge in [0.05, 0.1) is 17.2 Å². The van der Waals surface area contributed by atoms with Gasteiger partial charge in [-0.05, 0) is 91.6 Å². The van der Waals surface area contributed by atoms with E-state index < -0.39 is 11.1 Å². The van der Waals surface area contributed by atoms with E-state index in [2.05, 4.69) is 76.1 Å². The summed E-state index contributed by atoms with van der Waals surface area (Å²) in [5, 5.41) is 27.2. The van der Waals surface area contributed by atoms with Gasteiger partial charge in [0.25, 0.3) is 0 Å². The molecule has 0 aliphatic heterocycles. The Balaban J connectivity index is 1.48. The Kier molecular flexibility index (Phi) is 6.93. The Morgan fingerprint density at radius 2 is 1.76 bits per heavy atom. The van der Waals surface area contributed by atoms with Gasteiger partial charge in [-0.15, -0.1) is 0 Å². The molecule has 1 heterocycles. The van der Waals surface area contributed by atoms with Gasteiger partial charge in [0.15, 0.2) is 0 Å². The Morgan fingerprint density at radius 1 is 0.973 bits per heavy atom. The summed E-state index contributed by atoms with van der Waals surface area (Å²) in [5.41, 5.74) is -1.24. The van der Waals surface area contributed by atoms with Crippen LogP contribution in [0.1, 0.15) is 86.5 Å². The fourth-order valence-corrected chi connectivity index (χ4v) is 9.26. The normalized spacial score (nSPS) is 44.8. The predicted molar refractivity (Wildman–Crippen MR) is 152 cm³/mol. The second kappa shape index (κ2) is 9.52. The van der Waals surface area contributed by atoms with E-state index in [9.17, 15) is 10.2 Å². The molecule has 1 aromatic heterocycles. The van der Waals surface area contributed by atoms with Crippen LogP contribution in [-0.4, -0.2) is 32.4 Å². The van der Waals surface area contributed by atoms with Crippen molar-refractivity contribution in [3.8, 4) is 0 Å². The Bertz CT molecular complexity index is 1020. The third-order valence-electron chi connectivity index (χ3n) is 11.9. The number of aliphatic hydroxyl groups is 2. The smallest absolute Gasteiger partial charge is 0.126 e. The SMILES string of the molecule is CC(C)[C@@H](C)/C=C/[C@@H](C)[C@H]1CC[C@@H]2[C@]1(C)CCC1[C@]2(O)C=C[C@@]2(Nc3ccccn3)C[C@@H](O)CC[C@]12C. The first-order chi connectivity index (χ1) is 17.5. The number of anilines is 1. The molecule has 3 fully saturated rings. The van der Waals surface area contributed by atoms with Crippen molar-refractivity contribution in [2.24, 2.45) is 46.3 Å². The Morgan fingerprint density at radius 3 is 2.46 bits per heavy atom. The number of pyridine rings is 1. The van der Waals surface area contributed by atoms with Crippen molar-refractivity contribution < 1.29 is 10.2 Å². The molecule has 3 saturated carbocycles. The molecule has 0 amide bonds. The second-order valence-corrected chi connectivity index (χ2v) is 14.0. The summed E-state index contributed by atoms with van der Waals surface area (Å²) >= 11 is 0. The fourth-order valence-electron chi connectivity index (χ4n) is 9.26. The van der Waals surface area contributed by atoms with Crippen molar-refractivity contribution in [3.05, 3.63) is 48.7 Å². The van der Waals surface area contributed by atoms with Gasteiger partial charge in [0, 0.05) is 18.0 Å².